The fraction of sp³-hybridized carbons (Fsp3) is 0.0667. The zero-order chi connectivity index (χ0) is 15.5. The minimum atomic E-state index is -0.398. The molecule has 0 saturated heterocycles. The molecule has 0 saturated carbocycles. The highest BCUT2D eigenvalue weighted by atomic mass is 32.1. The lowest BCUT2D eigenvalue weighted by molar-refractivity contribution is 0.102. The molecule has 2 aromatic heterocycles. The molecule has 0 aliphatic rings. The highest BCUT2D eigenvalue weighted by Gasteiger charge is 2.15. The van der Waals surface area contributed by atoms with Gasteiger partial charge in [0.15, 0.2) is 11.5 Å². The van der Waals surface area contributed by atoms with Crippen molar-refractivity contribution in [1.29, 1.82) is 0 Å². The van der Waals surface area contributed by atoms with E-state index in [0.29, 0.717) is 5.69 Å². The van der Waals surface area contributed by atoms with Gasteiger partial charge in [-0.3, -0.25) is 4.79 Å². The van der Waals surface area contributed by atoms with E-state index in [4.69, 9.17) is 5.73 Å². The van der Waals surface area contributed by atoms with Gasteiger partial charge in [-0.2, -0.15) is 0 Å². The van der Waals surface area contributed by atoms with Crippen molar-refractivity contribution in [2.45, 2.75) is 6.92 Å². The van der Waals surface area contributed by atoms with Crippen LogP contribution in [0.2, 0.25) is 0 Å². The minimum absolute atomic E-state index is 0.0991. The van der Waals surface area contributed by atoms with E-state index in [2.05, 4.69) is 20.3 Å². The summed E-state index contributed by atoms with van der Waals surface area (Å²) < 4.78 is 0. The van der Waals surface area contributed by atoms with Crippen LogP contribution in [0.25, 0.3) is 11.3 Å². The molecule has 3 rings (SSSR count). The topological polar surface area (TPSA) is 93.8 Å². The normalized spacial score (nSPS) is 10.4. The number of nitrogens with two attached hydrogens (primary N) is 1. The number of nitrogen functional groups attached to an aromatic ring is 1. The Morgan fingerprint density at radius 1 is 1.23 bits per heavy atom. The van der Waals surface area contributed by atoms with E-state index in [9.17, 15) is 4.79 Å². The van der Waals surface area contributed by atoms with Crippen LogP contribution in [-0.2, 0) is 0 Å². The molecule has 0 aliphatic carbocycles. The molecule has 0 atom stereocenters. The first kappa shape index (κ1) is 14.2. The molecule has 7 heteroatoms. The van der Waals surface area contributed by atoms with E-state index in [-0.39, 0.29) is 11.5 Å². The maximum absolute atomic E-state index is 12.3. The van der Waals surface area contributed by atoms with Crippen LogP contribution in [0, 0.1) is 6.92 Å². The molecule has 0 bridgehead atoms. The Kier molecular flexibility index (Phi) is 3.80. The van der Waals surface area contributed by atoms with Gasteiger partial charge in [-0.1, -0.05) is 18.2 Å². The highest BCUT2D eigenvalue weighted by molar-refractivity contribution is 7.09. The van der Waals surface area contributed by atoms with Crippen molar-refractivity contribution in [3.63, 3.8) is 0 Å². The molecular weight excluding hydrogens is 298 g/mol. The number of nitrogens with one attached hydrogen (secondary N) is 1. The first-order valence-corrected chi connectivity index (χ1v) is 7.42. The number of hydrogen-bond acceptors (Lipinski definition) is 6. The smallest absolute Gasteiger partial charge is 0.278 e. The number of carbonyl (C=O) groups excluding carboxylic acids is 1. The van der Waals surface area contributed by atoms with E-state index < -0.39 is 5.91 Å². The van der Waals surface area contributed by atoms with Gasteiger partial charge in [-0.15, -0.1) is 11.3 Å². The molecular formula is C15H13N5OS. The van der Waals surface area contributed by atoms with E-state index >= 15 is 0 Å². The number of thiazole rings is 1. The SMILES string of the molecule is Cc1nc(-c2ccccc2NC(=O)c2nccnc2N)cs1. The number of hydrogen-bond donors (Lipinski definition) is 2. The molecule has 1 amide bonds. The van der Waals surface area contributed by atoms with E-state index in [1.807, 2.05) is 36.6 Å². The number of rotatable bonds is 3. The Bertz CT molecular complexity index is 830. The quantitative estimate of drug-likeness (QED) is 0.775. The molecule has 1 aromatic carbocycles. The van der Waals surface area contributed by atoms with E-state index in [1.165, 1.54) is 12.4 Å². The lowest BCUT2D eigenvalue weighted by Crippen LogP contribution is -2.17. The average molecular weight is 311 g/mol. The van der Waals surface area contributed by atoms with E-state index in [0.717, 1.165) is 16.3 Å². The van der Waals surface area contributed by atoms with Crippen LogP contribution in [-0.4, -0.2) is 20.9 Å². The molecule has 110 valence electrons. The second kappa shape index (κ2) is 5.90. The number of amides is 1. The number of para-hydroxylation sites is 1. The number of aromatic nitrogens is 3. The number of nitrogens with zero attached hydrogens (tertiary/aromatic N) is 3. The van der Waals surface area contributed by atoms with Gasteiger partial charge in [0.25, 0.3) is 5.91 Å². The summed E-state index contributed by atoms with van der Waals surface area (Å²) in [4.78, 5) is 24.6. The third kappa shape index (κ3) is 2.79. The van der Waals surface area contributed by atoms with Gasteiger partial charge in [0, 0.05) is 23.3 Å². The van der Waals surface area contributed by atoms with Crippen molar-refractivity contribution in [2.75, 3.05) is 11.1 Å². The lowest BCUT2D eigenvalue weighted by atomic mass is 10.1. The van der Waals surface area contributed by atoms with Crippen LogP contribution >= 0.6 is 11.3 Å². The molecule has 0 unspecified atom stereocenters. The summed E-state index contributed by atoms with van der Waals surface area (Å²) in [7, 11) is 0. The zero-order valence-electron chi connectivity index (χ0n) is 11.8. The van der Waals surface area contributed by atoms with Crippen molar-refractivity contribution in [3.8, 4) is 11.3 Å². The Balaban J connectivity index is 1.93. The molecule has 22 heavy (non-hydrogen) atoms. The summed E-state index contributed by atoms with van der Waals surface area (Å²) in [6.07, 6.45) is 2.87. The molecule has 6 nitrogen and oxygen atoms in total. The molecule has 0 radical (unpaired) electrons. The summed E-state index contributed by atoms with van der Waals surface area (Å²) in [6.45, 7) is 1.94. The first-order chi connectivity index (χ1) is 10.6. The summed E-state index contributed by atoms with van der Waals surface area (Å²) in [5.74, 6) is -0.299. The number of aryl methyl sites for hydroxylation is 1. The van der Waals surface area contributed by atoms with Crippen molar-refractivity contribution < 1.29 is 4.79 Å². The van der Waals surface area contributed by atoms with Crippen LogP contribution in [0.15, 0.2) is 42.0 Å². The standard InChI is InChI=1S/C15H13N5OS/c1-9-19-12(8-22-9)10-4-2-3-5-11(10)20-15(21)13-14(16)18-7-6-17-13/h2-8H,1H3,(H2,16,18)(H,20,21). The molecule has 0 fully saturated rings. The summed E-state index contributed by atoms with van der Waals surface area (Å²) in [5.41, 5.74) is 8.12. The Labute approximate surface area is 131 Å². The van der Waals surface area contributed by atoms with E-state index in [1.54, 1.807) is 11.3 Å². The van der Waals surface area contributed by atoms with Crippen LogP contribution in [0.3, 0.4) is 0 Å². The Morgan fingerprint density at radius 2 is 2.00 bits per heavy atom. The highest BCUT2D eigenvalue weighted by Crippen LogP contribution is 2.29. The average Bonchev–Trinajstić information content (AvgIpc) is 2.94. The maximum Gasteiger partial charge on any atom is 0.278 e. The third-order valence-corrected chi connectivity index (χ3v) is 3.79. The van der Waals surface area contributed by atoms with Crippen molar-refractivity contribution in [2.24, 2.45) is 0 Å². The van der Waals surface area contributed by atoms with Gasteiger partial charge in [-0.25, -0.2) is 15.0 Å². The van der Waals surface area contributed by atoms with Gasteiger partial charge in [-0.05, 0) is 13.0 Å². The maximum atomic E-state index is 12.3. The van der Waals surface area contributed by atoms with Crippen molar-refractivity contribution >= 4 is 28.7 Å². The van der Waals surface area contributed by atoms with Crippen LogP contribution in [0.1, 0.15) is 15.5 Å². The summed E-state index contributed by atoms with van der Waals surface area (Å²) in [6, 6.07) is 7.47. The number of carbonyl (C=O) groups is 1. The predicted octanol–water partition coefficient (Wildman–Crippen LogP) is 2.74. The summed E-state index contributed by atoms with van der Waals surface area (Å²) >= 11 is 1.56. The van der Waals surface area contributed by atoms with Gasteiger partial charge in [0.1, 0.15) is 0 Å². The van der Waals surface area contributed by atoms with Gasteiger partial charge in [0.2, 0.25) is 0 Å². The third-order valence-electron chi connectivity index (χ3n) is 3.01. The molecule has 0 aliphatic heterocycles. The predicted molar refractivity (Wildman–Crippen MR) is 86.7 cm³/mol. The zero-order valence-corrected chi connectivity index (χ0v) is 12.6. The Morgan fingerprint density at radius 3 is 2.73 bits per heavy atom. The first-order valence-electron chi connectivity index (χ1n) is 6.54. The van der Waals surface area contributed by atoms with Crippen LogP contribution in [0.5, 0.6) is 0 Å². The largest absolute Gasteiger partial charge is 0.382 e. The van der Waals surface area contributed by atoms with Crippen LogP contribution in [0.4, 0.5) is 11.5 Å². The fourth-order valence-corrected chi connectivity index (χ4v) is 2.62. The Hall–Kier alpha value is -2.80. The van der Waals surface area contributed by atoms with Gasteiger partial charge in [0.05, 0.1) is 16.4 Å². The number of benzene rings is 1. The second-order valence-corrected chi connectivity index (χ2v) is 5.60. The summed E-state index contributed by atoms with van der Waals surface area (Å²) in [5, 5.41) is 5.74. The fourth-order valence-electron chi connectivity index (χ4n) is 2.01. The van der Waals surface area contributed by atoms with Crippen LogP contribution < -0.4 is 11.1 Å². The van der Waals surface area contributed by atoms with Gasteiger partial charge >= 0.3 is 0 Å². The number of anilines is 2. The molecule has 3 aromatic rings. The molecule has 3 N–H and O–H groups in total. The minimum Gasteiger partial charge on any atom is -0.382 e. The van der Waals surface area contributed by atoms with Crippen molar-refractivity contribution in [3.05, 3.63) is 52.7 Å². The second-order valence-electron chi connectivity index (χ2n) is 4.54. The van der Waals surface area contributed by atoms with Gasteiger partial charge < -0.3 is 11.1 Å². The lowest BCUT2D eigenvalue weighted by Gasteiger charge is -2.09. The molecule has 2 heterocycles. The molecule has 0 spiro atoms. The monoisotopic (exact) mass is 311 g/mol. The van der Waals surface area contributed by atoms with Crippen molar-refractivity contribution in [1.82, 2.24) is 15.0 Å².